The highest BCUT2D eigenvalue weighted by Crippen LogP contribution is 2.41. The second-order valence-electron chi connectivity index (χ2n) is 14.8. The van der Waals surface area contributed by atoms with Crippen molar-refractivity contribution in [1.29, 1.82) is 0 Å². The van der Waals surface area contributed by atoms with Gasteiger partial charge in [0.2, 0.25) is 0 Å². The SMILES string of the molecule is FC(F)(F)c1ccc(-n2c3ccccc3c3c(-c4ccc5c(c4)c4ccccc4n5-c4ccc(-c5nc(-c6ccccc6)nc(-c6ccccc6)n5)cc4)cccc32)cc1. The fourth-order valence-electron chi connectivity index (χ4n) is 8.45. The number of rotatable bonds is 6. The minimum Gasteiger partial charge on any atom is -0.309 e. The van der Waals surface area contributed by atoms with E-state index in [9.17, 15) is 13.2 Å². The highest BCUT2D eigenvalue weighted by molar-refractivity contribution is 6.17. The number of aromatic nitrogens is 5. The van der Waals surface area contributed by atoms with E-state index < -0.39 is 11.7 Å². The van der Waals surface area contributed by atoms with Crippen molar-refractivity contribution in [3.05, 3.63) is 200 Å². The first-order chi connectivity index (χ1) is 29.4. The summed E-state index contributed by atoms with van der Waals surface area (Å²) in [5.74, 6) is 1.82. The van der Waals surface area contributed by atoms with Crippen molar-refractivity contribution in [2.45, 2.75) is 6.18 Å². The van der Waals surface area contributed by atoms with Gasteiger partial charge in [-0.05, 0) is 90.0 Å². The van der Waals surface area contributed by atoms with E-state index in [0.29, 0.717) is 23.2 Å². The maximum atomic E-state index is 13.5. The maximum absolute atomic E-state index is 13.5. The summed E-state index contributed by atoms with van der Waals surface area (Å²) in [4.78, 5) is 14.7. The lowest BCUT2D eigenvalue weighted by molar-refractivity contribution is -0.137. The Morgan fingerprint density at radius 1 is 0.350 bits per heavy atom. The molecule has 0 saturated carbocycles. The standard InChI is InChI=1S/C52H32F3N5/c53-52(54,55)37-25-29-39(30-26-37)60-45-20-10-8-17-42(45)48-40(18-11-21-47(48)60)36-24-31-46-43(32-36)41-16-7-9-19-44(41)59(46)38-27-22-35(23-28-38)51-57-49(33-12-3-1-4-13-33)56-50(58-51)34-14-5-2-6-15-34/h1-32H. The third-order valence-corrected chi connectivity index (χ3v) is 11.2. The minimum atomic E-state index is -4.41. The normalized spacial score (nSPS) is 11.9. The molecule has 0 radical (unpaired) electrons. The first-order valence-corrected chi connectivity index (χ1v) is 19.6. The van der Waals surface area contributed by atoms with Crippen molar-refractivity contribution in [3.8, 4) is 56.7 Å². The molecule has 0 fully saturated rings. The summed E-state index contributed by atoms with van der Waals surface area (Å²) in [7, 11) is 0. The molecule has 3 heterocycles. The van der Waals surface area contributed by atoms with E-state index in [4.69, 9.17) is 15.0 Å². The zero-order chi connectivity index (χ0) is 40.4. The first-order valence-electron chi connectivity index (χ1n) is 19.6. The average Bonchev–Trinajstić information content (AvgIpc) is 3.82. The van der Waals surface area contributed by atoms with Crippen molar-refractivity contribution in [3.63, 3.8) is 0 Å². The van der Waals surface area contributed by atoms with Crippen LogP contribution in [0.4, 0.5) is 13.2 Å². The molecule has 11 aromatic rings. The van der Waals surface area contributed by atoms with Gasteiger partial charge in [0.15, 0.2) is 17.5 Å². The van der Waals surface area contributed by atoms with Crippen molar-refractivity contribution in [1.82, 2.24) is 24.1 Å². The van der Waals surface area contributed by atoms with Crippen LogP contribution in [0.25, 0.3) is 100 Å². The Labute approximate surface area is 342 Å². The lowest BCUT2D eigenvalue weighted by Crippen LogP contribution is -2.05. The number of benzene rings is 8. The Bertz CT molecular complexity index is 3330. The van der Waals surface area contributed by atoms with Crippen LogP contribution < -0.4 is 0 Å². The molecular formula is C52H32F3N5. The molecule has 0 atom stereocenters. The van der Waals surface area contributed by atoms with Gasteiger partial charge in [0, 0.05) is 49.6 Å². The van der Waals surface area contributed by atoms with Crippen LogP contribution in [0.1, 0.15) is 5.56 Å². The van der Waals surface area contributed by atoms with Crippen LogP contribution in [-0.2, 0) is 6.18 Å². The molecule has 11 rings (SSSR count). The van der Waals surface area contributed by atoms with Crippen LogP contribution in [-0.4, -0.2) is 24.1 Å². The molecule has 0 bridgehead atoms. The molecule has 8 heteroatoms. The van der Waals surface area contributed by atoms with Gasteiger partial charge in [0.05, 0.1) is 27.6 Å². The zero-order valence-electron chi connectivity index (χ0n) is 31.8. The van der Waals surface area contributed by atoms with Crippen LogP contribution >= 0.6 is 0 Å². The van der Waals surface area contributed by atoms with E-state index >= 15 is 0 Å². The number of hydrogen-bond donors (Lipinski definition) is 0. The molecule has 3 aromatic heterocycles. The van der Waals surface area contributed by atoms with Gasteiger partial charge in [-0.15, -0.1) is 0 Å². The molecule has 0 aliphatic heterocycles. The second kappa shape index (κ2) is 13.9. The lowest BCUT2D eigenvalue weighted by Gasteiger charge is -2.12. The molecule has 0 N–H and O–H groups in total. The van der Waals surface area contributed by atoms with Crippen molar-refractivity contribution < 1.29 is 13.2 Å². The molecule has 0 aliphatic carbocycles. The predicted molar refractivity (Wildman–Crippen MR) is 235 cm³/mol. The number of halogens is 3. The number of hydrogen-bond acceptors (Lipinski definition) is 3. The van der Waals surface area contributed by atoms with Crippen LogP contribution in [0.2, 0.25) is 0 Å². The molecule has 0 aliphatic rings. The van der Waals surface area contributed by atoms with Gasteiger partial charge < -0.3 is 9.13 Å². The highest BCUT2D eigenvalue weighted by atomic mass is 19.4. The Morgan fingerprint density at radius 3 is 1.40 bits per heavy atom. The number of nitrogens with zero attached hydrogens (tertiary/aromatic N) is 5. The van der Waals surface area contributed by atoms with Gasteiger partial charge in [-0.1, -0.05) is 115 Å². The van der Waals surface area contributed by atoms with Crippen molar-refractivity contribution in [2.24, 2.45) is 0 Å². The molecule has 8 aromatic carbocycles. The molecule has 0 amide bonds. The van der Waals surface area contributed by atoms with Crippen LogP contribution in [0, 0.1) is 0 Å². The Morgan fingerprint density at radius 2 is 0.800 bits per heavy atom. The van der Waals surface area contributed by atoms with Gasteiger partial charge in [-0.3, -0.25) is 0 Å². The van der Waals surface area contributed by atoms with E-state index in [1.54, 1.807) is 12.1 Å². The third-order valence-electron chi connectivity index (χ3n) is 11.2. The summed E-state index contributed by atoms with van der Waals surface area (Å²) in [5, 5.41) is 4.29. The smallest absolute Gasteiger partial charge is 0.309 e. The van der Waals surface area contributed by atoms with Crippen molar-refractivity contribution >= 4 is 43.6 Å². The Balaban J connectivity index is 1.02. The van der Waals surface area contributed by atoms with Gasteiger partial charge in [-0.2, -0.15) is 13.2 Å². The molecule has 0 unspecified atom stereocenters. The van der Waals surface area contributed by atoms with Gasteiger partial charge in [0.25, 0.3) is 0 Å². The maximum Gasteiger partial charge on any atom is 0.416 e. The summed E-state index contributed by atoms with van der Waals surface area (Å²) in [6, 6.07) is 62.9. The molecular weight excluding hydrogens is 752 g/mol. The van der Waals surface area contributed by atoms with E-state index in [0.717, 1.165) is 89.2 Å². The number of fused-ring (bicyclic) bond motifs is 6. The summed E-state index contributed by atoms with van der Waals surface area (Å²) in [6.07, 6.45) is -4.41. The van der Waals surface area contributed by atoms with Crippen LogP contribution in [0.3, 0.4) is 0 Å². The van der Waals surface area contributed by atoms with E-state index in [1.807, 2.05) is 95.6 Å². The van der Waals surface area contributed by atoms with Crippen LogP contribution in [0.15, 0.2) is 194 Å². The third kappa shape index (κ3) is 5.91. The predicted octanol–water partition coefficient (Wildman–Crippen LogP) is 13.8. The number of para-hydroxylation sites is 2. The lowest BCUT2D eigenvalue weighted by atomic mass is 9.98. The largest absolute Gasteiger partial charge is 0.416 e. The quantitative estimate of drug-likeness (QED) is 0.169. The number of alkyl halides is 3. The molecule has 60 heavy (non-hydrogen) atoms. The minimum absolute atomic E-state index is 0.593. The fourth-order valence-corrected chi connectivity index (χ4v) is 8.45. The van der Waals surface area contributed by atoms with Gasteiger partial charge in [-0.25, -0.2) is 15.0 Å². The van der Waals surface area contributed by atoms with E-state index in [1.165, 1.54) is 0 Å². The van der Waals surface area contributed by atoms with Crippen LogP contribution in [0.5, 0.6) is 0 Å². The average molecular weight is 784 g/mol. The fraction of sp³-hybridized carbons (Fsp3) is 0.0192. The molecule has 0 saturated heterocycles. The molecule has 5 nitrogen and oxygen atoms in total. The second-order valence-corrected chi connectivity index (χ2v) is 14.8. The van der Waals surface area contributed by atoms with Crippen molar-refractivity contribution in [2.75, 3.05) is 0 Å². The Hall–Kier alpha value is -7.84. The first kappa shape index (κ1) is 35.3. The zero-order valence-corrected chi connectivity index (χ0v) is 31.8. The summed E-state index contributed by atoms with van der Waals surface area (Å²) >= 11 is 0. The monoisotopic (exact) mass is 783 g/mol. The molecule has 0 spiro atoms. The van der Waals surface area contributed by atoms with Gasteiger partial charge >= 0.3 is 6.18 Å². The summed E-state index contributed by atoms with van der Waals surface area (Å²) < 4.78 is 44.8. The van der Waals surface area contributed by atoms with Gasteiger partial charge in [0.1, 0.15) is 0 Å². The topological polar surface area (TPSA) is 48.5 Å². The highest BCUT2D eigenvalue weighted by Gasteiger charge is 2.30. The Kier molecular flexibility index (Phi) is 8.20. The molecule has 286 valence electrons. The van der Waals surface area contributed by atoms with E-state index in [2.05, 4.69) is 83.4 Å². The summed E-state index contributed by atoms with van der Waals surface area (Å²) in [5.41, 5.74) is 9.76. The summed E-state index contributed by atoms with van der Waals surface area (Å²) in [6.45, 7) is 0. The van der Waals surface area contributed by atoms with E-state index in [-0.39, 0.29) is 0 Å².